The number of rotatable bonds is 4. The number of Topliss-reactive ketones (excluding diaryl/α,β-unsaturated/α-hetero) is 1. The molecule has 2 aromatic rings. The first-order valence-corrected chi connectivity index (χ1v) is 6.01. The van der Waals surface area contributed by atoms with Crippen molar-refractivity contribution < 1.29 is 4.79 Å². The average molecular weight is 231 g/mol. The van der Waals surface area contributed by atoms with E-state index in [0.717, 1.165) is 16.1 Å². The minimum Gasteiger partial charge on any atom is -0.387 e. The molecule has 0 aliphatic carbocycles. The maximum atomic E-state index is 12.0. The lowest BCUT2D eigenvalue weighted by Gasteiger charge is -2.02. The highest BCUT2D eigenvalue weighted by Crippen LogP contribution is 2.23. The molecule has 2 rings (SSSR count). The van der Waals surface area contributed by atoms with E-state index in [1.807, 2.05) is 48.8 Å². The monoisotopic (exact) mass is 231 g/mol. The fourth-order valence-corrected chi connectivity index (χ4v) is 2.42. The number of thiophene rings is 1. The molecule has 16 heavy (non-hydrogen) atoms. The fourth-order valence-electron chi connectivity index (χ4n) is 1.58. The summed E-state index contributed by atoms with van der Waals surface area (Å²) in [6.07, 6.45) is 0.468. The number of benzene rings is 1. The number of hydrogen-bond donors (Lipinski definition) is 1. The van der Waals surface area contributed by atoms with Crippen LogP contribution in [0.3, 0.4) is 0 Å². The molecule has 1 N–H and O–H groups in total. The molecule has 0 radical (unpaired) electrons. The third-order valence-electron chi connectivity index (χ3n) is 2.40. The highest BCUT2D eigenvalue weighted by Gasteiger charge is 2.12. The van der Waals surface area contributed by atoms with E-state index in [4.69, 9.17) is 0 Å². The van der Waals surface area contributed by atoms with Gasteiger partial charge in [-0.05, 0) is 17.0 Å². The van der Waals surface area contributed by atoms with Gasteiger partial charge in [-0.3, -0.25) is 4.79 Å². The molecule has 0 fully saturated rings. The first-order valence-electron chi connectivity index (χ1n) is 5.13. The average Bonchev–Trinajstić information content (AvgIpc) is 2.78. The summed E-state index contributed by atoms with van der Waals surface area (Å²) in [5, 5.41) is 4.97. The van der Waals surface area contributed by atoms with Crippen molar-refractivity contribution in [3.63, 3.8) is 0 Å². The van der Waals surface area contributed by atoms with E-state index < -0.39 is 0 Å². The smallest absolute Gasteiger partial charge is 0.179 e. The van der Waals surface area contributed by atoms with Gasteiger partial charge in [-0.15, -0.1) is 11.3 Å². The molecule has 1 heterocycles. The van der Waals surface area contributed by atoms with Gasteiger partial charge in [-0.2, -0.15) is 0 Å². The second-order valence-corrected chi connectivity index (χ2v) is 4.42. The quantitative estimate of drug-likeness (QED) is 0.819. The minimum absolute atomic E-state index is 0.172. The number of nitrogens with one attached hydrogen (secondary N) is 1. The van der Waals surface area contributed by atoms with Crippen LogP contribution in [0.25, 0.3) is 0 Å². The van der Waals surface area contributed by atoms with Crippen molar-refractivity contribution in [1.29, 1.82) is 0 Å². The van der Waals surface area contributed by atoms with Crippen LogP contribution in [-0.4, -0.2) is 12.8 Å². The van der Waals surface area contributed by atoms with Gasteiger partial charge in [0, 0.05) is 13.5 Å². The van der Waals surface area contributed by atoms with Crippen molar-refractivity contribution in [1.82, 2.24) is 0 Å². The van der Waals surface area contributed by atoms with Gasteiger partial charge in [0.25, 0.3) is 0 Å². The molecule has 1 aromatic carbocycles. The van der Waals surface area contributed by atoms with Crippen molar-refractivity contribution >= 4 is 22.8 Å². The Kier molecular flexibility index (Phi) is 3.37. The van der Waals surface area contributed by atoms with Crippen LogP contribution < -0.4 is 5.32 Å². The van der Waals surface area contributed by atoms with E-state index in [-0.39, 0.29) is 5.78 Å². The van der Waals surface area contributed by atoms with E-state index in [1.54, 1.807) is 0 Å². The van der Waals surface area contributed by atoms with E-state index >= 15 is 0 Å². The Hall–Kier alpha value is -1.61. The molecule has 2 nitrogen and oxygen atoms in total. The number of ketones is 1. The second-order valence-electron chi connectivity index (χ2n) is 3.50. The summed E-state index contributed by atoms with van der Waals surface area (Å²) in [6, 6.07) is 11.8. The van der Waals surface area contributed by atoms with Crippen molar-refractivity contribution in [3.8, 4) is 0 Å². The van der Waals surface area contributed by atoms with Crippen LogP contribution in [0, 0.1) is 0 Å². The SMILES string of the molecule is CNc1ccsc1C(=O)Cc1ccccc1. The Morgan fingerprint density at radius 2 is 2.00 bits per heavy atom. The predicted molar refractivity (Wildman–Crippen MR) is 68.3 cm³/mol. The molecule has 0 spiro atoms. The molecule has 1 aromatic heterocycles. The van der Waals surface area contributed by atoms with Crippen LogP contribution in [0.1, 0.15) is 15.2 Å². The Balaban J connectivity index is 2.15. The lowest BCUT2D eigenvalue weighted by molar-refractivity contribution is 0.0997. The second kappa shape index (κ2) is 4.94. The minimum atomic E-state index is 0.172. The molecule has 82 valence electrons. The molecule has 0 saturated heterocycles. The van der Waals surface area contributed by atoms with E-state index in [9.17, 15) is 4.79 Å². The zero-order valence-corrected chi connectivity index (χ0v) is 9.88. The largest absolute Gasteiger partial charge is 0.387 e. The number of hydrogen-bond acceptors (Lipinski definition) is 3. The topological polar surface area (TPSA) is 29.1 Å². The molecule has 3 heteroatoms. The summed E-state index contributed by atoms with van der Waals surface area (Å²) in [4.78, 5) is 12.8. The first-order chi connectivity index (χ1) is 7.81. The molecular weight excluding hydrogens is 218 g/mol. The zero-order valence-electron chi connectivity index (χ0n) is 9.07. The van der Waals surface area contributed by atoms with E-state index in [0.29, 0.717) is 6.42 Å². The van der Waals surface area contributed by atoms with E-state index in [1.165, 1.54) is 11.3 Å². The molecule has 0 atom stereocenters. The fraction of sp³-hybridized carbons (Fsp3) is 0.154. The first kappa shape index (κ1) is 10.9. The summed E-state index contributed by atoms with van der Waals surface area (Å²) in [7, 11) is 1.83. The van der Waals surface area contributed by atoms with Gasteiger partial charge in [0.05, 0.1) is 10.6 Å². The van der Waals surface area contributed by atoms with Gasteiger partial charge in [0.1, 0.15) is 0 Å². The van der Waals surface area contributed by atoms with Gasteiger partial charge >= 0.3 is 0 Å². The zero-order chi connectivity index (χ0) is 11.4. The van der Waals surface area contributed by atoms with Crippen LogP contribution in [-0.2, 0) is 6.42 Å². The Morgan fingerprint density at radius 1 is 1.25 bits per heavy atom. The molecule has 0 saturated carbocycles. The lowest BCUT2D eigenvalue weighted by atomic mass is 10.1. The number of anilines is 1. The lowest BCUT2D eigenvalue weighted by Crippen LogP contribution is -2.03. The van der Waals surface area contributed by atoms with Crippen LogP contribution in [0.2, 0.25) is 0 Å². The molecule has 0 aliphatic heterocycles. The maximum absolute atomic E-state index is 12.0. The predicted octanol–water partition coefficient (Wildman–Crippen LogP) is 3.22. The van der Waals surface area contributed by atoms with E-state index in [2.05, 4.69) is 5.32 Å². The number of carbonyl (C=O) groups is 1. The summed E-state index contributed by atoms with van der Waals surface area (Å²) in [6.45, 7) is 0. The van der Waals surface area contributed by atoms with Crippen LogP contribution >= 0.6 is 11.3 Å². The summed E-state index contributed by atoms with van der Waals surface area (Å²) < 4.78 is 0. The van der Waals surface area contributed by atoms with Gasteiger partial charge in [0.15, 0.2) is 5.78 Å². The van der Waals surface area contributed by atoms with Gasteiger partial charge in [-0.25, -0.2) is 0 Å². The summed E-state index contributed by atoms with van der Waals surface area (Å²) >= 11 is 1.49. The molecule has 0 amide bonds. The normalized spacial score (nSPS) is 10.1. The Labute approximate surface area is 98.9 Å². The third kappa shape index (κ3) is 2.31. The molecule has 0 bridgehead atoms. The Morgan fingerprint density at radius 3 is 2.69 bits per heavy atom. The van der Waals surface area contributed by atoms with Crippen molar-refractivity contribution in [2.24, 2.45) is 0 Å². The van der Waals surface area contributed by atoms with Crippen molar-refractivity contribution in [2.45, 2.75) is 6.42 Å². The highest BCUT2D eigenvalue weighted by atomic mass is 32.1. The third-order valence-corrected chi connectivity index (χ3v) is 3.35. The highest BCUT2D eigenvalue weighted by molar-refractivity contribution is 7.12. The molecule has 0 aliphatic rings. The summed E-state index contributed by atoms with van der Waals surface area (Å²) in [5.74, 6) is 0.172. The van der Waals surface area contributed by atoms with Gasteiger partial charge in [0.2, 0.25) is 0 Å². The maximum Gasteiger partial charge on any atom is 0.179 e. The van der Waals surface area contributed by atoms with Crippen LogP contribution in [0.5, 0.6) is 0 Å². The molecular formula is C13H13NOS. The van der Waals surface area contributed by atoms with Gasteiger partial charge in [-0.1, -0.05) is 30.3 Å². The van der Waals surface area contributed by atoms with Gasteiger partial charge < -0.3 is 5.32 Å². The van der Waals surface area contributed by atoms with Crippen LogP contribution in [0.4, 0.5) is 5.69 Å². The van der Waals surface area contributed by atoms with Crippen LogP contribution in [0.15, 0.2) is 41.8 Å². The molecule has 0 unspecified atom stereocenters. The van der Waals surface area contributed by atoms with Crippen molar-refractivity contribution in [2.75, 3.05) is 12.4 Å². The summed E-state index contributed by atoms with van der Waals surface area (Å²) in [5.41, 5.74) is 1.98. The Bertz CT molecular complexity index is 476. The number of carbonyl (C=O) groups excluding carboxylic acids is 1. The van der Waals surface area contributed by atoms with Crippen molar-refractivity contribution in [3.05, 3.63) is 52.2 Å². The standard InChI is InChI=1S/C13H13NOS/c1-14-11-7-8-16-13(11)12(15)9-10-5-3-2-4-6-10/h2-8,14H,9H2,1H3.